The number of aliphatic carboxylic acids is 2. The molecule has 0 rings (SSSR count). The first-order valence-corrected chi connectivity index (χ1v) is 11.2. The van der Waals surface area contributed by atoms with E-state index in [1.54, 1.807) is 0 Å². The van der Waals surface area contributed by atoms with Crippen molar-refractivity contribution < 1.29 is 98.4 Å². The summed E-state index contributed by atoms with van der Waals surface area (Å²) in [4.78, 5) is 60.2. The number of aliphatic hydroxyl groups is 8. The average Bonchev–Trinajstić information content (AvgIpc) is 2.71. The molecule has 37 heavy (non-hydrogen) atoms. The maximum absolute atomic E-state index is 10.1. The quantitative estimate of drug-likeness (QED) is 0.0592. The van der Waals surface area contributed by atoms with Crippen molar-refractivity contribution in [1.29, 1.82) is 0 Å². The molecule has 0 spiro atoms. The molecule has 0 aliphatic carbocycles. The molecule has 0 saturated carbocycles. The van der Waals surface area contributed by atoms with E-state index in [0.29, 0.717) is 0 Å². The van der Waals surface area contributed by atoms with Crippen LogP contribution in [0.5, 0.6) is 0 Å². The monoisotopic (exact) mass is 960 g/mol. The fraction of sp³-hybridized carbons (Fsp3) is 0.833. The van der Waals surface area contributed by atoms with Crippen molar-refractivity contribution in [2.75, 3.05) is 13.2 Å². The van der Waals surface area contributed by atoms with E-state index in [-0.39, 0.29) is 147 Å². The van der Waals surface area contributed by atoms with E-state index in [1.165, 1.54) is 0 Å². The van der Waals surface area contributed by atoms with Gasteiger partial charge in [-0.05, 0) is 0 Å². The number of phosphoric acid groups is 2. The third kappa shape index (κ3) is 24.7. The molecule has 0 saturated heterocycles. The van der Waals surface area contributed by atoms with Crippen molar-refractivity contribution in [1.82, 2.24) is 0 Å². The molecule has 8 unspecified atom stereocenters. The van der Waals surface area contributed by atoms with E-state index in [9.17, 15) is 48.5 Å². The first-order chi connectivity index (χ1) is 15.1. The van der Waals surface area contributed by atoms with E-state index >= 15 is 0 Å². The molecule has 0 radical (unpaired) electrons. The van der Waals surface area contributed by atoms with Crippen LogP contribution in [-0.4, -0.2) is 261 Å². The maximum Gasteiger partial charge on any atom is 2.00 e. The summed E-state index contributed by atoms with van der Waals surface area (Å²) in [6, 6.07) is 0. The minimum atomic E-state index is -5.38. The van der Waals surface area contributed by atoms with Crippen LogP contribution in [0.1, 0.15) is 0 Å². The summed E-state index contributed by atoms with van der Waals surface area (Å²) in [6.07, 6.45) is -18.3. The first kappa shape index (κ1) is 50.2. The van der Waals surface area contributed by atoms with E-state index in [2.05, 4.69) is 9.05 Å². The predicted octanol–water partition coefficient (Wildman–Crippen LogP) is -13.1. The SMILES string of the molecule is O=C([O-])C(O)C(O)C(O)C(O)COP(=O)([O-])[O-].O=C([O-])C(O)C(O)C(O)C(O)COP(=O)([O-])[O-].[Ba+2].[Ba+2].[Ba+2]. The Morgan fingerprint density at radius 2 is 0.784 bits per heavy atom. The smallest absolute Gasteiger partial charge is 0.790 e. The summed E-state index contributed by atoms with van der Waals surface area (Å²) in [5.41, 5.74) is 0. The molecule has 0 amide bonds. The number of hydrogen-bond donors (Lipinski definition) is 8. The van der Waals surface area contributed by atoms with Crippen molar-refractivity contribution in [3.63, 3.8) is 0 Å². The van der Waals surface area contributed by atoms with Gasteiger partial charge in [-0.25, -0.2) is 0 Å². The van der Waals surface area contributed by atoms with E-state index in [0.717, 1.165) is 0 Å². The second-order valence-corrected chi connectivity index (χ2v) is 8.42. The van der Waals surface area contributed by atoms with Gasteiger partial charge in [0.2, 0.25) is 0 Å². The molecule has 0 aliphatic heterocycles. The molecule has 0 aromatic rings. The van der Waals surface area contributed by atoms with Crippen molar-refractivity contribution >= 4 is 174 Å². The minimum absolute atomic E-state index is 0. The summed E-state index contributed by atoms with van der Waals surface area (Å²) in [5.74, 6) is -4.22. The van der Waals surface area contributed by atoms with Crippen LogP contribution in [-0.2, 0) is 27.8 Å². The van der Waals surface area contributed by atoms with Crippen LogP contribution in [0.2, 0.25) is 0 Å². The Hall–Kier alpha value is 3.55. The first-order valence-electron chi connectivity index (χ1n) is 8.31. The largest absolute Gasteiger partial charge is 2.00 e. The van der Waals surface area contributed by atoms with Gasteiger partial charge in [0.05, 0.1) is 40.8 Å². The van der Waals surface area contributed by atoms with Crippen LogP contribution in [0.15, 0.2) is 0 Å². The molecule has 204 valence electrons. The number of rotatable bonds is 14. The zero-order chi connectivity index (χ0) is 27.6. The van der Waals surface area contributed by atoms with Crippen LogP contribution in [0.25, 0.3) is 0 Å². The van der Waals surface area contributed by atoms with Crippen molar-refractivity contribution in [2.24, 2.45) is 0 Å². The van der Waals surface area contributed by atoms with Gasteiger partial charge in [0.25, 0.3) is 0 Å². The number of carboxylic acid groups (broad SMARTS) is 2. The van der Waals surface area contributed by atoms with Gasteiger partial charge in [0, 0.05) is 0 Å². The Morgan fingerprint density at radius 1 is 0.568 bits per heavy atom. The summed E-state index contributed by atoms with van der Waals surface area (Å²) in [6.45, 7) is -2.38. The van der Waals surface area contributed by atoms with Gasteiger partial charge in [-0.3, -0.25) is 0 Å². The van der Waals surface area contributed by atoms with E-state index in [4.69, 9.17) is 40.9 Å². The number of carboxylic acids is 2. The van der Waals surface area contributed by atoms with Crippen LogP contribution in [0, 0.1) is 0 Å². The van der Waals surface area contributed by atoms with Gasteiger partial charge in [0.1, 0.15) is 48.8 Å². The third-order valence-corrected chi connectivity index (χ3v) is 4.36. The van der Waals surface area contributed by atoms with E-state index in [1.807, 2.05) is 0 Å². The molecule has 0 aromatic heterocycles. The van der Waals surface area contributed by atoms with Gasteiger partial charge in [-0.2, -0.15) is 0 Å². The fourth-order valence-corrected chi connectivity index (χ4v) is 2.31. The van der Waals surface area contributed by atoms with Gasteiger partial charge in [0.15, 0.2) is 0 Å². The molecule has 0 heterocycles. The van der Waals surface area contributed by atoms with E-state index < -0.39 is 89.6 Å². The van der Waals surface area contributed by atoms with Crippen LogP contribution < -0.4 is 29.8 Å². The molecule has 0 aromatic carbocycles. The van der Waals surface area contributed by atoms with Crippen molar-refractivity contribution in [3.05, 3.63) is 0 Å². The second-order valence-electron chi connectivity index (χ2n) is 6.11. The van der Waals surface area contributed by atoms with Gasteiger partial charge >= 0.3 is 147 Å². The molecule has 20 nitrogen and oxygen atoms in total. The predicted molar refractivity (Wildman–Crippen MR) is 102 cm³/mol. The minimum Gasteiger partial charge on any atom is -0.790 e. The summed E-state index contributed by atoms with van der Waals surface area (Å²) in [5, 5.41) is 91.9. The molecule has 8 N–H and O–H groups in total. The maximum atomic E-state index is 10.1. The number of aliphatic hydroxyl groups excluding tert-OH is 8. The van der Waals surface area contributed by atoms with Crippen molar-refractivity contribution in [2.45, 2.75) is 48.8 Å². The standard InChI is InChI=1S/2C6H13O10P.3Ba/c2*7-2(1-16-17(13,14)15)3(8)4(9)5(10)6(11)12;;;/h2*2-5,7-10H,1H2,(H,11,12)(H2,13,14,15);;;/q;;3*+2/p-6. The molecule has 0 bridgehead atoms. The Kier molecular flexibility index (Phi) is 32.5. The molecular formula is C12H20Ba3O20P2. The number of phosphoric ester groups is 2. The van der Waals surface area contributed by atoms with Crippen molar-refractivity contribution in [3.8, 4) is 0 Å². The van der Waals surface area contributed by atoms with Crippen LogP contribution in [0.4, 0.5) is 0 Å². The fourth-order valence-electron chi connectivity index (χ4n) is 1.64. The number of carbonyl (C=O) groups is 2. The molecule has 0 aliphatic rings. The second kappa shape index (κ2) is 23.9. The molecule has 25 heteroatoms. The normalized spacial score (nSPS) is 17.8. The van der Waals surface area contributed by atoms with Gasteiger partial charge < -0.3 is 98.4 Å². The molecule has 8 atom stereocenters. The Labute approximate surface area is 328 Å². The van der Waals surface area contributed by atoms with Crippen LogP contribution >= 0.6 is 15.6 Å². The zero-order valence-electron chi connectivity index (χ0n) is 18.5. The number of hydrogen-bond acceptors (Lipinski definition) is 20. The van der Waals surface area contributed by atoms with Gasteiger partial charge in [-0.1, -0.05) is 0 Å². The van der Waals surface area contributed by atoms with Crippen LogP contribution in [0.3, 0.4) is 0 Å². The number of carbonyl (C=O) groups excluding carboxylic acids is 2. The Morgan fingerprint density at radius 3 is 0.946 bits per heavy atom. The molecule has 0 fully saturated rings. The average molecular weight is 958 g/mol. The zero-order valence-corrected chi connectivity index (χ0v) is 33.6. The topological polar surface area (TPSA) is 387 Å². The Bertz CT molecular complexity index is 673. The summed E-state index contributed by atoms with van der Waals surface area (Å²) in [7, 11) is -10.8. The third-order valence-electron chi connectivity index (χ3n) is 3.43. The summed E-state index contributed by atoms with van der Waals surface area (Å²) >= 11 is 0. The molecular weight excluding hydrogens is 938 g/mol. The van der Waals surface area contributed by atoms with Gasteiger partial charge in [-0.15, -0.1) is 0 Å². The Balaban J connectivity index is -0.000000171. The summed E-state index contributed by atoms with van der Waals surface area (Å²) < 4.78 is 27.2.